The van der Waals surface area contributed by atoms with Gasteiger partial charge in [-0.15, -0.1) is 0 Å². The number of hydrogen-bond acceptors (Lipinski definition) is 6. The standard InChI is InChI=1S/C24H27ClN6O2/c1-14-20(26)24(29-33-14)8-6-15(7-9-24)21-28-23-19(22-27-10-11-31(21)22)17(12-30(23)13-32)16-4-2-3-5-18(16)25/h2-5,10-12,14-15,20,29,32H,6-9,13,26H2,1H3/t14-,15?,20+,24?/m0/s1. The van der Waals surface area contributed by atoms with Crippen LogP contribution in [-0.2, 0) is 11.6 Å². The molecule has 1 spiro atoms. The molecule has 172 valence electrons. The molecule has 8 nitrogen and oxygen atoms in total. The summed E-state index contributed by atoms with van der Waals surface area (Å²) in [4.78, 5) is 15.4. The lowest BCUT2D eigenvalue weighted by Gasteiger charge is -2.39. The number of aliphatic hydroxyl groups is 1. The van der Waals surface area contributed by atoms with E-state index >= 15 is 0 Å². The van der Waals surface area contributed by atoms with Crippen LogP contribution >= 0.6 is 11.6 Å². The van der Waals surface area contributed by atoms with Crippen molar-refractivity contribution in [2.45, 2.75) is 62.9 Å². The fraction of sp³-hybridized carbons (Fsp3) is 0.417. The van der Waals surface area contributed by atoms with E-state index in [9.17, 15) is 5.11 Å². The van der Waals surface area contributed by atoms with E-state index in [1.807, 2.05) is 43.6 Å². The first-order valence-corrected chi connectivity index (χ1v) is 11.8. The van der Waals surface area contributed by atoms with Gasteiger partial charge in [-0.25, -0.2) is 9.97 Å². The van der Waals surface area contributed by atoms with Gasteiger partial charge in [0.05, 0.1) is 23.1 Å². The summed E-state index contributed by atoms with van der Waals surface area (Å²) in [6.07, 6.45) is 9.43. The summed E-state index contributed by atoms with van der Waals surface area (Å²) in [5.41, 5.74) is 12.9. The van der Waals surface area contributed by atoms with E-state index in [0.29, 0.717) is 10.7 Å². The van der Waals surface area contributed by atoms with Crippen LogP contribution in [0.1, 0.15) is 44.3 Å². The molecule has 0 bridgehead atoms. The van der Waals surface area contributed by atoms with E-state index in [4.69, 9.17) is 32.1 Å². The molecule has 1 saturated heterocycles. The van der Waals surface area contributed by atoms with Crippen molar-refractivity contribution in [1.82, 2.24) is 24.4 Å². The molecule has 1 aliphatic heterocycles. The highest BCUT2D eigenvalue weighted by Crippen LogP contribution is 2.43. The van der Waals surface area contributed by atoms with Crippen molar-refractivity contribution in [3.05, 3.63) is 53.7 Å². The summed E-state index contributed by atoms with van der Waals surface area (Å²) in [5, 5.41) is 11.6. The fourth-order valence-electron chi connectivity index (χ4n) is 5.63. The molecule has 9 heteroatoms. The molecule has 4 heterocycles. The molecular formula is C24H27ClN6O2. The van der Waals surface area contributed by atoms with Crippen LogP contribution < -0.4 is 11.2 Å². The van der Waals surface area contributed by atoms with E-state index in [2.05, 4.69) is 9.88 Å². The van der Waals surface area contributed by atoms with Crippen LogP contribution in [0.25, 0.3) is 27.8 Å². The Hall–Kier alpha value is -2.49. The van der Waals surface area contributed by atoms with Crippen LogP contribution in [0.4, 0.5) is 0 Å². The normalized spacial score (nSPS) is 27.8. The Balaban J connectivity index is 1.46. The van der Waals surface area contributed by atoms with Gasteiger partial charge in [-0.05, 0) is 38.7 Å². The van der Waals surface area contributed by atoms with Gasteiger partial charge in [0.1, 0.15) is 23.8 Å². The average Bonchev–Trinajstić information content (AvgIpc) is 3.53. The van der Waals surface area contributed by atoms with Crippen LogP contribution in [0.15, 0.2) is 42.9 Å². The van der Waals surface area contributed by atoms with Gasteiger partial charge in [0.25, 0.3) is 0 Å². The minimum Gasteiger partial charge on any atom is -0.376 e. The number of rotatable bonds is 3. The zero-order chi connectivity index (χ0) is 22.7. The summed E-state index contributed by atoms with van der Waals surface area (Å²) in [6, 6.07) is 7.69. The second-order valence-electron chi connectivity index (χ2n) is 9.30. The molecule has 2 atom stereocenters. The van der Waals surface area contributed by atoms with Gasteiger partial charge in [0, 0.05) is 40.7 Å². The maximum absolute atomic E-state index is 10.1. The number of fused-ring (bicyclic) bond motifs is 3. The van der Waals surface area contributed by atoms with Crippen molar-refractivity contribution in [3.63, 3.8) is 0 Å². The van der Waals surface area contributed by atoms with E-state index in [1.165, 1.54) is 0 Å². The molecular weight excluding hydrogens is 440 g/mol. The molecule has 2 fully saturated rings. The lowest BCUT2D eigenvalue weighted by Crippen LogP contribution is -2.55. The number of imidazole rings is 1. The van der Waals surface area contributed by atoms with E-state index in [-0.39, 0.29) is 30.3 Å². The van der Waals surface area contributed by atoms with Crippen LogP contribution in [0.3, 0.4) is 0 Å². The Bertz CT molecular complexity index is 1340. The lowest BCUT2D eigenvalue weighted by atomic mass is 9.72. The highest BCUT2D eigenvalue weighted by molar-refractivity contribution is 6.33. The second-order valence-corrected chi connectivity index (χ2v) is 9.71. The zero-order valence-corrected chi connectivity index (χ0v) is 19.2. The smallest absolute Gasteiger partial charge is 0.149 e. The highest BCUT2D eigenvalue weighted by Gasteiger charge is 2.48. The van der Waals surface area contributed by atoms with Gasteiger partial charge in [0.2, 0.25) is 0 Å². The summed E-state index contributed by atoms with van der Waals surface area (Å²) in [7, 11) is 0. The van der Waals surface area contributed by atoms with Crippen molar-refractivity contribution >= 4 is 28.3 Å². The first-order valence-electron chi connectivity index (χ1n) is 11.4. The number of benzene rings is 1. The summed E-state index contributed by atoms with van der Waals surface area (Å²) in [6.45, 7) is 1.84. The zero-order valence-electron chi connectivity index (χ0n) is 18.4. The molecule has 3 aromatic heterocycles. The van der Waals surface area contributed by atoms with Crippen LogP contribution in [0.2, 0.25) is 5.02 Å². The molecule has 0 unspecified atom stereocenters. The van der Waals surface area contributed by atoms with Gasteiger partial charge < -0.3 is 15.4 Å². The lowest BCUT2D eigenvalue weighted by molar-refractivity contribution is 0.0106. The first-order chi connectivity index (χ1) is 16.0. The SMILES string of the molecule is C[C@@H]1ONC2(CCC(c3nc4c(c(-c5ccccc5Cl)cn4CO)c4nccn34)CC2)[C@@H]1N. The first kappa shape index (κ1) is 21.1. The summed E-state index contributed by atoms with van der Waals surface area (Å²) >= 11 is 6.53. The minimum atomic E-state index is -0.175. The van der Waals surface area contributed by atoms with Crippen LogP contribution in [0, 0.1) is 0 Å². The number of halogens is 1. The average molecular weight is 467 g/mol. The second kappa shape index (κ2) is 7.78. The van der Waals surface area contributed by atoms with Gasteiger partial charge in [-0.2, -0.15) is 5.48 Å². The number of aromatic nitrogens is 4. The third-order valence-corrected chi connectivity index (χ3v) is 7.86. The van der Waals surface area contributed by atoms with Crippen LogP contribution in [0.5, 0.6) is 0 Å². The fourth-order valence-corrected chi connectivity index (χ4v) is 5.87. The van der Waals surface area contributed by atoms with Crippen molar-refractivity contribution < 1.29 is 9.94 Å². The van der Waals surface area contributed by atoms with Gasteiger partial charge in [0.15, 0.2) is 0 Å². The number of nitrogens with one attached hydrogen (secondary N) is 1. The van der Waals surface area contributed by atoms with Gasteiger partial charge in [-0.1, -0.05) is 29.8 Å². The molecule has 1 aromatic carbocycles. The molecule has 6 rings (SSSR count). The maximum Gasteiger partial charge on any atom is 0.149 e. The van der Waals surface area contributed by atoms with E-state index in [0.717, 1.165) is 53.7 Å². The Labute approximate surface area is 196 Å². The Kier molecular flexibility index (Phi) is 4.97. The molecule has 4 N–H and O–H groups in total. The van der Waals surface area contributed by atoms with E-state index in [1.54, 1.807) is 10.8 Å². The summed E-state index contributed by atoms with van der Waals surface area (Å²) < 4.78 is 3.86. The predicted octanol–water partition coefficient (Wildman–Crippen LogP) is 3.60. The van der Waals surface area contributed by atoms with Crippen molar-refractivity contribution in [2.24, 2.45) is 5.73 Å². The molecule has 0 radical (unpaired) electrons. The largest absolute Gasteiger partial charge is 0.376 e. The Morgan fingerprint density at radius 3 is 2.73 bits per heavy atom. The minimum absolute atomic E-state index is 0.00689. The molecule has 1 aliphatic carbocycles. The number of hydrogen-bond donors (Lipinski definition) is 3. The van der Waals surface area contributed by atoms with Gasteiger partial charge >= 0.3 is 0 Å². The topological polar surface area (TPSA) is 103 Å². The third-order valence-electron chi connectivity index (χ3n) is 7.53. The van der Waals surface area contributed by atoms with Crippen molar-refractivity contribution in [2.75, 3.05) is 0 Å². The molecule has 1 saturated carbocycles. The molecule has 33 heavy (non-hydrogen) atoms. The summed E-state index contributed by atoms with van der Waals surface area (Å²) in [5.74, 6) is 1.22. The van der Waals surface area contributed by atoms with E-state index < -0.39 is 0 Å². The number of hydroxylamine groups is 1. The van der Waals surface area contributed by atoms with Crippen LogP contribution in [-0.4, -0.2) is 41.7 Å². The van der Waals surface area contributed by atoms with Crippen molar-refractivity contribution in [3.8, 4) is 11.1 Å². The highest BCUT2D eigenvalue weighted by atomic mass is 35.5. The Morgan fingerprint density at radius 1 is 1.24 bits per heavy atom. The number of aliphatic hydroxyl groups excluding tert-OH is 1. The monoisotopic (exact) mass is 466 g/mol. The number of nitrogens with zero attached hydrogens (tertiary/aromatic N) is 4. The predicted molar refractivity (Wildman–Crippen MR) is 127 cm³/mol. The third kappa shape index (κ3) is 3.13. The quantitative estimate of drug-likeness (QED) is 0.426. The molecule has 2 aliphatic rings. The Morgan fingerprint density at radius 2 is 2.03 bits per heavy atom. The molecule has 0 amide bonds. The molecule has 4 aromatic rings. The van der Waals surface area contributed by atoms with Gasteiger partial charge in [-0.3, -0.25) is 9.24 Å². The van der Waals surface area contributed by atoms with Crippen molar-refractivity contribution in [1.29, 1.82) is 0 Å². The number of nitrogens with two attached hydrogens (primary N) is 1. The maximum atomic E-state index is 10.1.